The SMILES string of the molecule is C=C(C)C(=O)OC1CCC(c2ccncc2)CC1. The first-order chi connectivity index (χ1) is 8.66. The molecule has 0 aliphatic heterocycles. The van der Waals surface area contributed by atoms with Crippen molar-refractivity contribution in [3.05, 3.63) is 42.2 Å². The summed E-state index contributed by atoms with van der Waals surface area (Å²) >= 11 is 0. The van der Waals surface area contributed by atoms with E-state index in [0.29, 0.717) is 11.5 Å². The van der Waals surface area contributed by atoms with Gasteiger partial charge in [0.25, 0.3) is 0 Å². The van der Waals surface area contributed by atoms with E-state index in [4.69, 9.17) is 4.74 Å². The van der Waals surface area contributed by atoms with Crippen molar-refractivity contribution in [2.75, 3.05) is 0 Å². The molecule has 1 aliphatic carbocycles. The van der Waals surface area contributed by atoms with Gasteiger partial charge in [-0.25, -0.2) is 4.79 Å². The molecule has 0 radical (unpaired) electrons. The third kappa shape index (κ3) is 3.19. The Hall–Kier alpha value is -1.64. The van der Waals surface area contributed by atoms with Crippen LogP contribution in [-0.4, -0.2) is 17.1 Å². The van der Waals surface area contributed by atoms with Crippen LogP contribution in [0.15, 0.2) is 36.7 Å². The molecule has 0 aromatic carbocycles. The van der Waals surface area contributed by atoms with Gasteiger partial charge < -0.3 is 4.74 Å². The number of nitrogens with zero attached hydrogens (tertiary/aromatic N) is 1. The fourth-order valence-corrected chi connectivity index (χ4v) is 2.40. The van der Waals surface area contributed by atoms with Gasteiger partial charge in [-0.1, -0.05) is 6.58 Å². The number of rotatable bonds is 3. The average molecular weight is 245 g/mol. The van der Waals surface area contributed by atoms with E-state index in [1.165, 1.54) is 5.56 Å². The second-order valence-electron chi connectivity index (χ2n) is 4.94. The first kappa shape index (κ1) is 12.8. The maximum absolute atomic E-state index is 11.4. The lowest BCUT2D eigenvalue weighted by Gasteiger charge is -2.28. The Morgan fingerprint density at radius 3 is 2.44 bits per heavy atom. The van der Waals surface area contributed by atoms with Crippen molar-refractivity contribution in [3.63, 3.8) is 0 Å². The summed E-state index contributed by atoms with van der Waals surface area (Å²) in [5, 5.41) is 0. The minimum Gasteiger partial charge on any atom is -0.459 e. The minimum atomic E-state index is -0.262. The molecular weight excluding hydrogens is 226 g/mol. The zero-order valence-corrected chi connectivity index (χ0v) is 10.8. The van der Waals surface area contributed by atoms with E-state index < -0.39 is 0 Å². The van der Waals surface area contributed by atoms with E-state index in [1.807, 2.05) is 12.4 Å². The molecule has 0 amide bonds. The van der Waals surface area contributed by atoms with Crippen LogP contribution in [-0.2, 0) is 9.53 Å². The van der Waals surface area contributed by atoms with E-state index in [-0.39, 0.29) is 12.1 Å². The van der Waals surface area contributed by atoms with Crippen LogP contribution >= 0.6 is 0 Å². The van der Waals surface area contributed by atoms with Crippen molar-refractivity contribution in [1.29, 1.82) is 0 Å². The third-order valence-electron chi connectivity index (χ3n) is 3.47. The predicted octanol–water partition coefficient (Wildman–Crippen LogP) is 3.23. The van der Waals surface area contributed by atoms with Gasteiger partial charge in [-0.2, -0.15) is 0 Å². The summed E-state index contributed by atoms with van der Waals surface area (Å²) in [6, 6.07) is 4.15. The molecule has 0 spiro atoms. The van der Waals surface area contributed by atoms with Crippen molar-refractivity contribution >= 4 is 5.97 Å². The van der Waals surface area contributed by atoms with Crippen LogP contribution < -0.4 is 0 Å². The molecule has 0 N–H and O–H groups in total. The van der Waals surface area contributed by atoms with E-state index in [1.54, 1.807) is 6.92 Å². The summed E-state index contributed by atoms with van der Waals surface area (Å²) < 4.78 is 5.39. The van der Waals surface area contributed by atoms with E-state index >= 15 is 0 Å². The standard InChI is InChI=1S/C15H19NO2/c1-11(2)15(17)18-14-5-3-12(4-6-14)13-7-9-16-10-8-13/h7-10,12,14H,1,3-6H2,2H3. The Morgan fingerprint density at radius 2 is 1.89 bits per heavy atom. The van der Waals surface area contributed by atoms with Gasteiger partial charge in [0, 0.05) is 18.0 Å². The Bertz CT molecular complexity index is 419. The number of hydrogen-bond acceptors (Lipinski definition) is 3. The summed E-state index contributed by atoms with van der Waals surface area (Å²) in [7, 11) is 0. The van der Waals surface area contributed by atoms with Crippen molar-refractivity contribution in [2.45, 2.75) is 44.6 Å². The average Bonchev–Trinajstić information content (AvgIpc) is 2.40. The van der Waals surface area contributed by atoms with Crippen LogP contribution in [0.25, 0.3) is 0 Å². The van der Waals surface area contributed by atoms with Crippen LogP contribution in [0.4, 0.5) is 0 Å². The highest BCUT2D eigenvalue weighted by Gasteiger charge is 2.24. The van der Waals surface area contributed by atoms with Crippen molar-refractivity contribution in [1.82, 2.24) is 4.98 Å². The molecular formula is C15H19NO2. The molecule has 1 fully saturated rings. The molecule has 18 heavy (non-hydrogen) atoms. The van der Waals surface area contributed by atoms with Gasteiger partial charge >= 0.3 is 5.97 Å². The maximum atomic E-state index is 11.4. The number of ether oxygens (including phenoxy) is 1. The number of carbonyl (C=O) groups excluding carboxylic acids is 1. The highest BCUT2D eigenvalue weighted by atomic mass is 16.5. The lowest BCUT2D eigenvalue weighted by Crippen LogP contribution is -2.24. The van der Waals surface area contributed by atoms with E-state index in [9.17, 15) is 4.79 Å². The maximum Gasteiger partial charge on any atom is 0.333 e. The van der Waals surface area contributed by atoms with Gasteiger partial charge in [-0.15, -0.1) is 0 Å². The number of carbonyl (C=O) groups is 1. The molecule has 3 nitrogen and oxygen atoms in total. The first-order valence-corrected chi connectivity index (χ1v) is 6.43. The molecule has 2 rings (SSSR count). The van der Waals surface area contributed by atoms with Gasteiger partial charge in [0.05, 0.1) is 0 Å². The second-order valence-corrected chi connectivity index (χ2v) is 4.94. The fourth-order valence-electron chi connectivity index (χ4n) is 2.40. The Balaban J connectivity index is 1.85. The number of esters is 1. The molecule has 1 aromatic heterocycles. The normalized spacial score (nSPS) is 23.4. The summed E-state index contributed by atoms with van der Waals surface area (Å²) in [6.45, 7) is 5.29. The van der Waals surface area contributed by atoms with Gasteiger partial charge in [0.1, 0.15) is 6.10 Å². The van der Waals surface area contributed by atoms with Crippen molar-refractivity contribution < 1.29 is 9.53 Å². The zero-order chi connectivity index (χ0) is 13.0. The van der Waals surface area contributed by atoms with Gasteiger partial charge in [-0.3, -0.25) is 4.98 Å². The fraction of sp³-hybridized carbons (Fsp3) is 0.467. The van der Waals surface area contributed by atoms with Crippen molar-refractivity contribution in [2.24, 2.45) is 0 Å². The lowest BCUT2D eigenvalue weighted by atomic mass is 9.83. The molecule has 96 valence electrons. The van der Waals surface area contributed by atoms with Crippen LogP contribution in [0.3, 0.4) is 0 Å². The van der Waals surface area contributed by atoms with Crippen LogP contribution in [0.5, 0.6) is 0 Å². The number of pyridine rings is 1. The molecule has 1 heterocycles. The highest BCUT2D eigenvalue weighted by molar-refractivity contribution is 5.87. The first-order valence-electron chi connectivity index (χ1n) is 6.43. The summed E-state index contributed by atoms with van der Waals surface area (Å²) in [5.41, 5.74) is 1.82. The number of aromatic nitrogens is 1. The smallest absolute Gasteiger partial charge is 0.333 e. The topological polar surface area (TPSA) is 39.2 Å². The quantitative estimate of drug-likeness (QED) is 0.606. The Morgan fingerprint density at radius 1 is 1.28 bits per heavy atom. The van der Waals surface area contributed by atoms with Gasteiger partial charge in [-0.05, 0) is 56.2 Å². The second kappa shape index (κ2) is 5.80. The van der Waals surface area contributed by atoms with Gasteiger partial charge in [0.2, 0.25) is 0 Å². The van der Waals surface area contributed by atoms with E-state index in [2.05, 4.69) is 23.7 Å². The highest BCUT2D eigenvalue weighted by Crippen LogP contribution is 2.33. The molecule has 0 unspecified atom stereocenters. The van der Waals surface area contributed by atoms with Crippen LogP contribution in [0.1, 0.15) is 44.1 Å². The lowest BCUT2D eigenvalue weighted by molar-refractivity contribution is -0.145. The largest absolute Gasteiger partial charge is 0.459 e. The summed E-state index contributed by atoms with van der Waals surface area (Å²) in [5.74, 6) is 0.315. The zero-order valence-electron chi connectivity index (χ0n) is 10.8. The summed E-state index contributed by atoms with van der Waals surface area (Å²) in [6.07, 6.45) is 7.74. The number of hydrogen-bond donors (Lipinski definition) is 0. The van der Waals surface area contributed by atoms with Gasteiger partial charge in [0.15, 0.2) is 0 Å². The molecule has 0 atom stereocenters. The minimum absolute atomic E-state index is 0.0623. The molecule has 3 heteroatoms. The third-order valence-corrected chi connectivity index (χ3v) is 3.47. The molecule has 1 saturated carbocycles. The monoisotopic (exact) mass is 245 g/mol. The molecule has 1 aromatic rings. The Labute approximate surface area is 108 Å². The van der Waals surface area contributed by atoms with E-state index in [0.717, 1.165) is 25.7 Å². The molecule has 0 bridgehead atoms. The summed E-state index contributed by atoms with van der Waals surface area (Å²) in [4.78, 5) is 15.5. The molecule has 0 saturated heterocycles. The predicted molar refractivity (Wildman–Crippen MR) is 70.1 cm³/mol. The van der Waals surface area contributed by atoms with Crippen LogP contribution in [0, 0.1) is 0 Å². The molecule has 1 aliphatic rings. The van der Waals surface area contributed by atoms with Crippen LogP contribution in [0.2, 0.25) is 0 Å². The van der Waals surface area contributed by atoms with Crippen molar-refractivity contribution in [3.8, 4) is 0 Å². The Kier molecular flexibility index (Phi) is 4.13.